The van der Waals surface area contributed by atoms with Gasteiger partial charge in [0.05, 0.1) is 0 Å². The molecule has 0 aliphatic carbocycles. The Labute approximate surface area is 49.5 Å². The summed E-state index contributed by atoms with van der Waals surface area (Å²) >= 11 is 0. The Morgan fingerprint density at radius 1 is 1.33 bits per heavy atom. The van der Waals surface area contributed by atoms with Gasteiger partial charge in [0.15, 0.2) is 6.61 Å². The minimum Gasteiger partial charge on any atom is -0.307 e. The maximum Gasteiger partial charge on any atom is 0.294 e. The Bertz CT molecular complexity index is 108. The Hall–Kier alpha value is -1.40. The first kappa shape index (κ1) is 7.60. The third kappa shape index (κ3) is 6.60. The van der Waals surface area contributed by atoms with Crippen molar-refractivity contribution in [1.82, 2.24) is 0 Å². The van der Waals surface area contributed by atoms with Gasteiger partial charge in [-0.25, -0.2) is 0 Å². The van der Waals surface area contributed by atoms with E-state index in [2.05, 4.69) is 4.84 Å². The van der Waals surface area contributed by atoms with Gasteiger partial charge in [-0.05, 0) is 0 Å². The summed E-state index contributed by atoms with van der Waals surface area (Å²) in [6.07, 6.45) is 0. The van der Waals surface area contributed by atoms with Gasteiger partial charge in [-0.2, -0.15) is 0 Å². The molecule has 0 aromatic heterocycles. The van der Waals surface area contributed by atoms with E-state index in [9.17, 15) is 20.2 Å². The van der Waals surface area contributed by atoms with Crippen LogP contribution in [-0.2, 0) is 4.84 Å². The summed E-state index contributed by atoms with van der Waals surface area (Å²) in [6.45, 7) is -1.03. The van der Waals surface area contributed by atoms with Crippen LogP contribution in [0.3, 0.4) is 0 Å². The van der Waals surface area contributed by atoms with E-state index in [0.29, 0.717) is 0 Å². The van der Waals surface area contributed by atoms with E-state index in [1.54, 1.807) is 0 Å². The lowest BCUT2D eigenvalue weighted by atomic mass is 10.7. The molecule has 7 nitrogen and oxygen atoms in total. The van der Waals surface area contributed by atoms with Crippen molar-refractivity contribution in [2.24, 2.45) is 0 Å². The van der Waals surface area contributed by atoms with Gasteiger partial charge in [-0.1, -0.05) is 0 Å². The summed E-state index contributed by atoms with van der Waals surface area (Å²) in [5.41, 5.74) is 0. The molecule has 52 valence electrons. The molecule has 0 N–H and O–H groups in total. The average Bonchev–Trinajstić information content (AvgIpc) is 1.63. The fourth-order valence-corrected chi connectivity index (χ4v) is 0.190. The van der Waals surface area contributed by atoms with Gasteiger partial charge in [0.1, 0.15) is 0 Å². The van der Waals surface area contributed by atoms with Crippen LogP contribution in [0, 0.1) is 20.2 Å². The van der Waals surface area contributed by atoms with Crippen molar-refractivity contribution in [1.29, 1.82) is 0 Å². The molecule has 0 aliphatic heterocycles. The van der Waals surface area contributed by atoms with Crippen LogP contribution < -0.4 is 0 Å². The summed E-state index contributed by atoms with van der Waals surface area (Å²) in [6, 6.07) is 0. The van der Waals surface area contributed by atoms with E-state index in [4.69, 9.17) is 0 Å². The zero-order valence-electron chi connectivity index (χ0n) is 4.35. The number of hydrogen-bond acceptors (Lipinski definition) is 5. The van der Waals surface area contributed by atoms with E-state index < -0.39 is 23.2 Å². The van der Waals surface area contributed by atoms with Gasteiger partial charge in [0.2, 0.25) is 6.54 Å². The summed E-state index contributed by atoms with van der Waals surface area (Å²) in [7, 11) is 0. The largest absolute Gasteiger partial charge is 0.307 e. The van der Waals surface area contributed by atoms with Gasteiger partial charge in [-0.15, -0.1) is 10.1 Å². The number of nitro groups is 1. The van der Waals surface area contributed by atoms with Crippen LogP contribution in [-0.4, -0.2) is 23.2 Å². The highest BCUT2D eigenvalue weighted by Gasteiger charge is 1.98. The summed E-state index contributed by atoms with van der Waals surface area (Å²) < 4.78 is 0. The van der Waals surface area contributed by atoms with E-state index in [0.717, 1.165) is 0 Å². The van der Waals surface area contributed by atoms with Crippen LogP contribution in [0.4, 0.5) is 0 Å². The van der Waals surface area contributed by atoms with E-state index in [1.165, 1.54) is 0 Å². The fourth-order valence-electron chi connectivity index (χ4n) is 0.190. The van der Waals surface area contributed by atoms with Gasteiger partial charge in [0, 0.05) is 4.92 Å². The second-order valence-electron chi connectivity index (χ2n) is 1.11. The van der Waals surface area contributed by atoms with Gasteiger partial charge < -0.3 is 4.84 Å². The summed E-state index contributed by atoms with van der Waals surface area (Å²) in [4.78, 5) is 21.8. The van der Waals surface area contributed by atoms with Crippen molar-refractivity contribution >= 4 is 0 Å². The minimum absolute atomic E-state index is 0.486. The lowest BCUT2D eigenvalue weighted by molar-refractivity contribution is -0.762. The van der Waals surface area contributed by atoms with E-state index in [1.807, 2.05) is 0 Å². The van der Waals surface area contributed by atoms with Crippen LogP contribution in [0.5, 0.6) is 0 Å². The van der Waals surface area contributed by atoms with Gasteiger partial charge in [0.25, 0.3) is 5.09 Å². The van der Waals surface area contributed by atoms with Crippen molar-refractivity contribution in [3.05, 3.63) is 20.2 Å². The highest BCUT2D eigenvalue weighted by Crippen LogP contribution is 1.74. The quantitative estimate of drug-likeness (QED) is 0.382. The van der Waals surface area contributed by atoms with Crippen molar-refractivity contribution in [3.63, 3.8) is 0 Å². The molecular formula is C2H4N2O5. The first-order valence-corrected chi connectivity index (χ1v) is 2.02. The molecule has 0 heterocycles. The molecule has 0 bridgehead atoms. The van der Waals surface area contributed by atoms with Crippen molar-refractivity contribution in [3.8, 4) is 0 Å². The zero-order chi connectivity index (χ0) is 7.28. The first-order chi connectivity index (χ1) is 4.13. The lowest BCUT2D eigenvalue weighted by Crippen LogP contribution is -2.11. The Kier molecular flexibility index (Phi) is 3.03. The monoisotopic (exact) mass is 136 g/mol. The lowest BCUT2D eigenvalue weighted by Gasteiger charge is -1.90. The standard InChI is InChI=1S/C2H4N2O5/c5-3(6)1-2-9-4(7)8/h1-2H2. The van der Waals surface area contributed by atoms with Crippen molar-refractivity contribution in [2.75, 3.05) is 13.2 Å². The van der Waals surface area contributed by atoms with Crippen LogP contribution in [0.2, 0.25) is 0 Å². The number of hydrogen-bond donors (Lipinski definition) is 0. The second-order valence-corrected chi connectivity index (χ2v) is 1.11. The molecule has 0 amide bonds. The van der Waals surface area contributed by atoms with Crippen LogP contribution in [0.25, 0.3) is 0 Å². The highest BCUT2D eigenvalue weighted by atomic mass is 16.9. The van der Waals surface area contributed by atoms with Crippen molar-refractivity contribution in [2.45, 2.75) is 0 Å². The number of nitrogens with zero attached hydrogens (tertiary/aromatic N) is 2. The van der Waals surface area contributed by atoms with Crippen LogP contribution in [0.1, 0.15) is 0 Å². The first-order valence-electron chi connectivity index (χ1n) is 2.02. The van der Waals surface area contributed by atoms with Crippen LogP contribution in [0.15, 0.2) is 0 Å². The molecule has 0 aliphatic rings. The van der Waals surface area contributed by atoms with Crippen molar-refractivity contribution < 1.29 is 14.8 Å². The molecule has 0 fully saturated rings. The third-order valence-corrected chi connectivity index (χ3v) is 0.471. The van der Waals surface area contributed by atoms with Crippen LogP contribution >= 0.6 is 0 Å². The predicted octanol–water partition coefficient (Wildman–Crippen LogP) is -0.529. The van der Waals surface area contributed by atoms with E-state index >= 15 is 0 Å². The minimum atomic E-state index is -1.07. The molecule has 0 unspecified atom stereocenters. The fraction of sp³-hybridized carbons (Fsp3) is 1.00. The molecular weight excluding hydrogens is 132 g/mol. The topological polar surface area (TPSA) is 95.5 Å². The molecule has 0 rings (SSSR count). The molecule has 0 atom stereocenters. The molecule has 9 heavy (non-hydrogen) atoms. The zero-order valence-corrected chi connectivity index (χ0v) is 4.35. The van der Waals surface area contributed by atoms with Gasteiger partial charge >= 0.3 is 0 Å². The maximum atomic E-state index is 9.48. The molecule has 0 radical (unpaired) electrons. The third-order valence-electron chi connectivity index (χ3n) is 0.471. The normalized spacial score (nSPS) is 8.44. The smallest absolute Gasteiger partial charge is 0.294 e. The average molecular weight is 136 g/mol. The SMILES string of the molecule is O=[N+]([O-])CCO[N+](=O)[O-]. The van der Waals surface area contributed by atoms with Gasteiger partial charge in [-0.3, -0.25) is 10.1 Å². The maximum absolute atomic E-state index is 9.48. The molecule has 0 saturated carbocycles. The molecule has 0 saturated heterocycles. The predicted molar refractivity (Wildman–Crippen MR) is 24.8 cm³/mol. The summed E-state index contributed by atoms with van der Waals surface area (Å²) in [5.74, 6) is 0. The molecule has 7 heteroatoms. The Morgan fingerprint density at radius 3 is 2.22 bits per heavy atom. The van der Waals surface area contributed by atoms with E-state index in [-0.39, 0.29) is 0 Å². The molecule has 0 aromatic rings. The number of rotatable bonds is 4. The molecule has 0 aromatic carbocycles. The summed E-state index contributed by atoms with van der Waals surface area (Å²) in [5, 5.41) is 17.8. The second kappa shape index (κ2) is 3.58. The molecule has 0 spiro atoms. The highest BCUT2D eigenvalue weighted by molar-refractivity contribution is 4.19. The Morgan fingerprint density at radius 2 is 1.89 bits per heavy atom. The Balaban J connectivity index is 3.10.